The van der Waals surface area contributed by atoms with Crippen LogP contribution in [0.2, 0.25) is 0 Å². The van der Waals surface area contributed by atoms with Gasteiger partial charge in [-0.3, -0.25) is 4.79 Å². The van der Waals surface area contributed by atoms with E-state index in [1.165, 1.54) is 11.8 Å². The van der Waals surface area contributed by atoms with E-state index in [9.17, 15) is 4.79 Å². The number of anilines is 1. The molecule has 0 spiro atoms. The second-order valence-corrected chi connectivity index (χ2v) is 7.75. The van der Waals surface area contributed by atoms with Crippen LogP contribution >= 0.6 is 11.8 Å². The lowest BCUT2D eigenvalue weighted by Gasteiger charge is -2.08. The van der Waals surface area contributed by atoms with Gasteiger partial charge in [0.15, 0.2) is 5.58 Å². The van der Waals surface area contributed by atoms with Crippen molar-refractivity contribution < 1.29 is 9.21 Å². The van der Waals surface area contributed by atoms with Crippen LogP contribution in [0.4, 0.5) is 5.69 Å². The number of para-hydroxylation sites is 1. The zero-order valence-corrected chi connectivity index (χ0v) is 16.9. The molecular formula is C22H21N3O2S. The lowest BCUT2D eigenvalue weighted by molar-refractivity contribution is -0.113. The highest BCUT2D eigenvalue weighted by Crippen LogP contribution is 2.33. The van der Waals surface area contributed by atoms with Crippen LogP contribution in [-0.4, -0.2) is 21.6 Å². The summed E-state index contributed by atoms with van der Waals surface area (Å²) in [5.74, 6) is 0.923. The fourth-order valence-corrected chi connectivity index (χ4v) is 4.02. The summed E-state index contributed by atoms with van der Waals surface area (Å²) in [6.45, 7) is 6.05. The van der Waals surface area contributed by atoms with Crippen LogP contribution in [0.1, 0.15) is 23.9 Å². The number of amides is 1. The van der Waals surface area contributed by atoms with Crippen molar-refractivity contribution in [3.05, 3.63) is 59.4 Å². The molecule has 1 amide bonds. The molecule has 0 fully saturated rings. The maximum Gasteiger partial charge on any atom is 0.234 e. The average molecular weight is 391 g/mol. The summed E-state index contributed by atoms with van der Waals surface area (Å²) in [5.41, 5.74) is 5.28. The summed E-state index contributed by atoms with van der Waals surface area (Å²) in [5, 5.41) is 4.63. The third-order valence-corrected chi connectivity index (χ3v) is 5.35. The van der Waals surface area contributed by atoms with E-state index in [4.69, 9.17) is 4.42 Å². The summed E-state index contributed by atoms with van der Waals surface area (Å²) in [7, 11) is 0. The zero-order chi connectivity index (χ0) is 19.7. The van der Waals surface area contributed by atoms with E-state index in [0.717, 1.165) is 45.5 Å². The summed E-state index contributed by atoms with van der Waals surface area (Å²) in [6, 6.07) is 13.8. The number of hydrogen-bond acceptors (Lipinski definition) is 5. The molecule has 4 rings (SSSR count). The number of nitrogens with zero attached hydrogens (tertiary/aromatic N) is 2. The molecule has 0 saturated carbocycles. The van der Waals surface area contributed by atoms with Gasteiger partial charge in [-0.15, -0.1) is 0 Å². The first-order valence-electron chi connectivity index (χ1n) is 9.22. The quantitative estimate of drug-likeness (QED) is 0.370. The molecule has 4 aromatic rings. The van der Waals surface area contributed by atoms with E-state index in [1.54, 1.807) is 0 Å². The molecule has 0 radical (unpaired) electrons. The first kappa shape index (κ1) is 18.5. The molecule has 2 aromatic carbocycles. The molecule has 1 N–H and O–H groups in total. The van der Waals surface area contributed by atoms with Crippen molar-refractivity contribution in [3.8, 4) is 0 Å². The number of hydrogen-bond donors (Lipinski definition) is 1. The Morgan fingerprint density at radius 3 is 2.61 bits per heavy atom. The number of aromatic nitrogens is 2. The SMILES string of the molecule is CCc1nc(SCC(=O)Nc2cc(C)cc(C)c2)c2oc3ccccc3c2n1. The standard InChI is InChI=1S/C22H21N3O2S/c1-4-18-24-20-16-7-5-6-8-17(16)27-21(20)22(25-18)28-12-19(26)23-15-10-13(2)9-14(3)11-15/h5-11H,4,12H2,1-3H3,(H,23,26). The number of nitrogens with one attached hydrogen (secondary N) is 1. The van der Waals surface area contributed by atoms with Gasteiger partial charge in [0.25, 0.3) is 0 Å². The van der Waals surface area contributed by atoms with E-state index in [2.05, 4.69) is 21.4 Å². The van der Waals surface area contributed by atoms with Crippen molar-refractivity contribution in [3.63, 3.8) is 0 Å². The Labute approximate surface area is 167 Å². The highest BCUT2D eigenvalue weighted by molar-refractivity contribution is 8.00. The van der Waals surface area contributed by atoms with Crippen LogP contribution < -0.4 is 5.32 Å². The predicted octanol–water partition coefficient (Wildman–Crippen LogP) is 5.29. The van der Waals surface area contributed by atoms with Crippen LogP contribution in [0.15, 0.2) is 51.9 Å². The van der Waals surface area contributed by atoms with E-state index in [-0.39, 0.29) is 11.7 Å². The summed E-state index contributed by atoms with van der Waals surface area (Å²) >= 11 is 1.37. The van der Waals surface area contributed by atoms with Gasteiger partial charge in [-0.1, -0.05) is 36.9 Å². The maximum atomic E-state index is 12.5. The van der Waals surface area contributed by atoms with Crippen LogP contribution in [0.25, 0.3) is 22.1 Å². The Hall–Kier alpha value is -2.86. The fraction of sp³-hybridized carbons (Fsp3) is 0.227. The van der Waals surface area contributed by atoms with Crippen LogP contribution in [0, 0.1) is 13.8 Å². The molecule has 0 aliphatic rings. The van der Waals surface area contributed by atoms with Crippen molar-refractivity contribution in [2.75, 3.05) is 11.1 Å². The molecule has 5 nitrogen and oxygen atoms in total. The van der Waals surface area contributed by atoms with Gasteiger partial charge in [0.2, 0.25) is 5.91 Å². The predicted molar refractivity (Wildman–Crippen MR) is 114 cm³/mol. The number of carbonyl (C=O) groups excluding carboxylic acids is 1. The minimum Gasteiger partial charge on any atom is -0.451 e. The number of rotatable bonds is 5. The highest BCUT2D eigenvalue weighted by Gasteiger charge is 2.16. The Kier molecular flexibility index (Phi) is 5.05. The Balaban J connectivity index is 1.59. The smallest absolute Gasteiger partial charge is 0.234 e. The van der Waals surface area contributed by atoms with Crippen molar-refractivity contribution >= 4 is 45.4 Å². The second-order valence-electron chi connectivity index (χ2n) is 6.79. The minimum absolute atomic E-state index is 0.0732. The number of carbonyl (C=O) groups is 1. The van der Waals surface area contributed by atoms with Crippen molar-refractivity contribution in [2.45, 2.75) is 32.2 Å². The number of furan rings is 1. The largest absolute Gasteiger partial charge is 0.451 e. The van der Waals surface area contributed by atoms with Gasteiger partial charge >= 0.3 is 0 Å². The summed E-state index contributed by atoms with van der Waals surface area (Å²) in [4.78, 5) is 21.7. The van der Waals surface area contributed by atoms with Crippen molar-refractivity contribution in [1.82, 2.24) is 9.97 Å². The van der Waals surface area contributed by atoms with Gasteiger partial charge in [-0.2, -0.15) is 0 Å². The minimum atomic E-state index is -0.0732. The lowest BCUT2D eigenvalue weighted by atomic mass is 10.1. The monoisotopic (exact) mass is 391 g/mol. The van der Waals surface area contributed by atoms with Gasteiger partial charge in [-0.05, 0) is 49.2 Å². The molecule has 2 heterocycles. The van der Waals surface area contributed by atoms with Gasteiger partial charge in [-0.25, -0.2) is 9.97 Å². The summed E-state index contributed by atoms with van der Waals surface area (Å²) < 4.78 is 5.99. The van der Waals surface area contributed by atoms with E-state index in [1.807, 2.05) is 57.2 Å². The maximum absolute atomic E-state index is 12.5. The topological polar surface area (TPSA) is 68.0 Å². The summed E-state index contributed by atoms with van der Waals surface area (Å²) in [6.07, 6.45) is 0.720. The lowest BCUT2D eigenvalue weighted by Crippen LogP contribution is -2.14. The first-order valence-corrected chi connectivity index (χ1v) is 10.2. The first-order chi connectivity index (χ1) is 13.5. The highest BCUT2D eigenvalue weighted by atomic mass is 32.2. The number of benzene rings is 2. The Bertz CT molecular complexity index is 1160. The van der Waals surface area contributed by atoms with Crippen molar-refractivity contribution in [1.29, 1.82) is 0 Å². The van der Waals surface area contributed by atoms with Crippen LogP contribution in [0.5, 0.6) is 0 Å². The number of thioether (sulfide) groups is 1. The Morgan fingerprint density at radius 1 is 1.11 bits per heavy atom. The molecule has 0 bridgehead atoms. The van der Waals surface area contributed by atoms with Gasteiger partial charge in [0.1, 0.15) is 22.0 Å². The molecule has 0 saturated heterocycles. The van der Waals surface area contributed by atoms with Crippen molar-refractivity contribution in [2.24, 2.45) is 0 Å². The molecule has 6 heteroatoms. The molecule has 142 valence electrons. The van der Waals surface area contributed by atoms with Gasteiger partial charge in [0.05, 0.1) is 5.75 Å². The van der Waals surface area contributed by atoms with Gasteiger partial charge < -0.3 is 9.73 Å². The third kappa shape index (κ3) is 3.73. The fourth-order valence-electron chi connectivity index (χ4n) is 3.24. The molecule has 0 aliphatic heterocycles. The Morgan fingerprint density at radius 2 is 1.86 bits per heavy atom. The molecule has 28 heavy (non-hydrogen) atoms. The second kappa shape index (κ2) is 7.64. The van der Waals surface area contributed by atoms with Crippen LogP contribution in [0.3, 0.4) is 0 Å². The zero-order valence-electron chi connectivity index (χ0n) is 16.1. The van der Waals surface area contributed by atoms with E-state index >= 15 is 0 Å². The normalized spacial score (nSPS) is 11.2. The number of fused-ring (bicyclic) bond motifs is 3. The van der Waals surface area contributed by atoms with E-state index in [0.29, 0.717) is 10.6 Å². The molecular weight excluding hydrogens is 370 g/mol. The average Bonchev–Trinajstić information content (AvgIpc) is 3.04. The molecule has 2 aromatic heterocycles. The van der Waals surface area contributed by atoms with Crippen LogP contribution in [-0.2, 0) is 11.2 Å². The van der Waals surface area contributed by atoms with E-state index < -0.39 is 0 Å². The molecule has 0 aliphatic carbocycles. The molecule has 0 atom stereocenters. The third-order valence-electron chi connectivity index (χ3n) is 4.40. The molecule has 0 unspecified atom stereocenters. The van der Waals surface area contributed by atoms with Gasteiger partial charge in [0, 0.05) is 17.5 Å². The number of aryl methyl sites for hydroxylation is 3.